The number of rotatable bonds is 5. The number of benzene rings is 1. The number of alkyl carbamates (subject to hydrolysis) is 1. The zero-order valence-corrected chi connectivity index (χ0v) is 13.5. The molecule has 7 heteroatoms. The number of aromatic amines is 1. The van der Waals surface area contributed by atoms with E-state index in [1.807, 2.05) is 42.5 Å². The molecule has 3 aromatic rings. The Balaban J connectivity index is 1.49. The van der Waals surface area contributed by atoms with Crippen molar-refractivity contribution in [3.8, 4) is 0 Å². The SMILES string of the molecule is O=C(NCC=Cc1c[nH]c2c(Cl)ncnc12)OCc1ccccc1. The average molecular weight is 343 g/mol. The lowest BCUT2D eigenvalue weighted by Crippen LogP contribution is -2.24. The Labute approximate surface area is 143 Å². The number of amides is 1. The molecular weight excluding hydrogens is 328 g/mol. The van der Waals surface area contributed by atoms with E-state index in [-0.39, 0.29) is 6.61 Å². The minimum atomic E-state index is -0.465. The monoisotopic (exact) mass is 342 g/mol. The normalized spacial score (nSPS) is 11.0. The summed E-state index contributed by atoms with van der Waals surface area (Å²) in [6, 6.07) is 9.51. The van der Waals surface area contributed by atoms with Crippen LogP contribution < -0.4 is 5.32 Å². The van der Waals surface area contributed by atoms with Crippen molar-refractivity contribution in [2.45, 2.75) is 6.61 Å². The first-order chi connectivity index (χ1) is 11.7. The van der Waals surface area contributed by atoms with E-state index in [4.69, 9.17) is 16.3 Å². The number of aromatic nitrogens is 3. The molecule has 1 aromatic carbocycles. The second kappa shape index (κ2) is 7.61. The highest BCUT2D eigenvalue weighted by molar-refractivity contribution is 6.33. The molecule has 0 saturated carbocycles. The standard InChI is InChI=1S/C17H15ClN4O2/c18-16-15-14(21-11-22-16)13(9-20-15)7-4-8-19-17(23)24-10-12-5-2-1-3-6-12/h1-7,9,11,20H,8,10H2,(H,19,23). The molecule has 1 amide bonds. The van der Waals surface area contributed by atoms with Gasteiger partial charge in [-0.2, -0.15) is 0 Å². The molecule has 0 saturated heterocycles. The molecule has 122 valence electrons. The van der Waals surface area contributed by atoms with Crippen LogP contribution in [0.4, 0.5) is 4.79 Å². The van der Waals surface area contributed by atoms with E-state index in [1.165, 1.54) is 6.33 Å². The van der Waals surface area contributed by atoms with Crippen molar-refractivity contribution in [3.63, 3.8) is 0 Å². The van der Waals surface area contributed by atoms with Gasteiger partial charge in [0.1, 0.15) is 24.0 Å². The third kappa shape index (κ3) is 3.91. The third-order valence-corrected chi connectivity index (χ3v) is 3.61. The van der Waals surface area contributed by atoms with Crippen LogP contribution in [-0.4, -0.2) is 27.6 Å². The van der Waals surface area contributed by atoms with Crippen molar-refractivity contribution in [2.24, 2.45) is 0 Å². The molecule has 0 atom stereocenters. The maximum Gasteiger partial charge on any atom is 0.407 e. The van der Waals surface area contributed by atoms with Crippen molar-refractivity contribution in [2.75, 3.05) is 6.54 Å². The summed E-state index contributed by atoms with van der Waals surface area (Å²) in [6.45, 7) is 0.591. The Hall–Kier alpha value is -2.86. The van der Waals surface area contributed by atoms with Crippen LogP contribution in [-0.2, 0) is 11.3 Å². The molecule has 0 unspecified atom stereocenters. The van der Waals surface area contributed by atoms with Crippen LogP contribution in [0, 0.1) is 0 Å². The molecule has 0 radical (unpaired) electrons. The highest BCUT2D eigenvalue weighted by Crippen LogP contribution is 2.21. The van der Waals surface area contributed by atoms with E-state index in [9.17, 15) is 4.79 Å². The zero-order valence-electron chi connectivity index (χ0n) is 12.7. The summed E-state index contributed by atoms with van der Waals surface area (Å²) in [6.07, 6.45) is 6.39. The summed E-state index contributed by atoms with van der Waals surface area (Å²) in [5.41, 5.74) is 3.24. The lowest BCUT2D eigenvalue weighted by molar-refractivity contribution is 0.141. The van der Waals surface area contributed by atoms with Crippen LogP contribution in [0.15, 0.2) is 48.9 Å². The number of ether oxygens (including phenoxy) is 1. The second-order valence-electron chi connectivity index (χ2n) is 4.98. The van der Waals surface area contributed by atoms with Crippen molar-refractivity contribution in [1.29, 1.82) is 0 Å². The topological polar surface area (TPSA) is 79.9 Å². The van der Waals surface area contributed by atoms with Gasteiger partial charge in [0.25, 0.3) is 0 Å². The van der Waals surface area contributed by atoms with Crippen LogP contribution in [0.3, 0.4) is 0 Å². The number of H-pyrrole nitrogens is 1. The molecule has 2 heterocycles. The van der Waals surface area contributed by atoms with E-state index >= 15 is 0 Å². The first kappa shape index (κ1) is 16.0. The Bertz CT molecular complexity index is 861. The highest BCUT2D eigenvalue weighted by atomic mass is 35.5. The maximum atomic E-state index is 11.6. The summed E-state index contributed by atoms with van der Waals surface area (Å²) < 4.78 is 5.12. The summed E-state index contributed by atoms with van der Waals surface area (Å²) in [5.74, 6) is 0. The molecule has 0 fully saturated rings. The first-order valence-electron chi connectivity index (χ1n) is 7.32. The van der Waals surface area contributed by atoms with Crippen molar-refractivity contribution >= 4 is 34.8 Å². The van der Waals surface area contributed by atoms with Crippen molar-refractivity contribution in [1.82, 2.24) is 20.3 Å². The van der Waals surface area contributed by atoms with Gasteiger partial charge in [-0.25, -0.2) is 14.8 Å². The molecule has 0 bridgehead atoms. The molecule has 3 rings (SSSR count). The third-order valence-electron chi connectivity index (χ3n) is 3.32. The van der Waals surface area contributed by atoms with Crippen LogP contribution >= 0.6 is 11.6 Å². The zero-order chi connectivity index (χ0) is 16.8. The smallest absolute Gasteiger partial charge is 0.407 e. The molecule has 2 N–H and O–H groups in total. The van der Waals surface area contributed by atoms with Crippen LogP contribution in [0.25, 0.3) is 17.1 Å². The van der Waals surface area contributed by atoms with E-state index in [0.717, 1.165) is 16.6 Å². The fourth-order valence-electron chi connectivity index (χ4n) is 2.16. The number of fused-ring (bicyclic) bond motifs is 1. The van der Waals surface area contributed by atoms with Gasteiger partial charge < -0.3 is 15.0 Å². The number of nitrogens with one attached hydrogen (secondary N) is 2. The van der Waals surface area contributed by atoms with Crippen LogP contribution in [0.1, 0.15) is 11.1 Å². The summed E-state index contributed by atoms with van der Waals surface area (Å²) in [4.78, 5) is 22.7. The number of halogens is 1. The number of nitrogens with zero attached hydrogens (tertiary/aromatic N) is 2. The van der Waals surface area contributed by atoms with Gasteiger partial charge in [-0.3, -0.25) is 0 Å². The molecule has 0 spiro atoms. The number of hydrogen-bond donors (Lipinski definition) is 2. The molecule has 2 aromatic heterocycles. The fourth-order valence-corrected chi connectivity index (χ4v) is 2.35. The van der Waals surface area contributed by atoms with Gasteiger partial charge in [-0.1, -0.05) is 54.1 Å². The lowest BCUT2D eigenvalue weighted by atomic mass is 10.2. The van der Waals surface area contributed by atoms with Gasteiger partial charge in [0.05, 0.1) is 0 Å². The molecule has 6 nitrogen and oxygen atoms in total. The maximum absolute atomic E-state index is 11.6. The van der Waals surface area contributed by atoms with E-state index < -0.39 is 6.09 Å². The van der Waals surface area contributed by atoms with Crippen molar-refractivity contribution in [3.05, 3.63) is 65.2 Å². The van der Waals surface area contributed by atoms with Gasteiger partial charge in [0, 0.05) is 18.3 Å². The molecule has 24 heavy (non-hydrogen) atoms. The Morgan fingerprint density at radius 2 is 2.12 bits per heavy atom. The van der Waals surface area contributed by atoms with Gasteiger partial charge in [-0.05, 0) is 5.56 Å². The summed E-state index contributed by atoms with van der Waals surface area (Å²) in [7, 11) is 0. The minimum Gasteiger partial charge on any atom is -0.445 e. The predicted octanol–water partition coefficient (Wildman–Crippen LogP) is 3.55. The predicted molar refractivity (Wildman–Crippen MR) is 92.6 cm³/mol. The van der Waals surface area contributed by atoms with E-state index in [1.54, 1.807) is 6.20 Å². The van der Waals surface area contributed by atoms with Gasteiger partial charge in [0.2, 0.25) is 0 Å². The lowest BCUT2D eigenvalue weighted by Gasteiger charge is -2.05. The second-order valence-corrected chi connectivity index (χ2v) is 5.34. The quantitative estimate of drug-likeness (QED) is 0.695. The van der Waals surface area contributed by atoms with Crippen molar-refractivity contribution < 1.29 is 9.53 Å². The van der Waals surface area contributed by atoms with Gasteiger partial charge in [-0.15, -0.1) is 0 Å². The first-order valence-corrected chi connectivity index (χ1v) is 7.70. The Morgan fingerprint density at radius 1 is 1.29 bits per heavy atom. The van der Waals surface area contributed by atoms with Crippen LogP contribution in [0.5, 0.6) is 0 Å². The highest BCUT2D eigenvalue weighted by Gasteiger charge is 2.06. The van der Waals surface area contributed by atoms with Gasteiger partial charge in [0.15, 0.2) is 5.15 Å². The summed E-state index contributed by atoms with van der Waals surface area (Å²) >= 11 is 5.98. The number of carbonyl (C=O) groups is 1. The van der Waals surface area contributed by atoms with Crippen LogP contribution in [0.2, 0.25) is 5.15 Å². The molecular formula is C17H15ClN4O2. The number of hydrogen-bond acceptors (Lipinski definition) is 4. The molecule has 0 aliphatic rings. The average Bonchev–Trinajstić information content (AvgIpc) is 3.02. The molecule has 0 aliphatic carbocycles. The van der Waals surface area contributed by atoms with Gasteiger partial charge >= 0.3 is 6.09 Å². The Kier molecular flexibility index (Phi) is 5.08. The fraction of sp³-hybridized carbons (Fsp3) is 0.118. The Morgan fingerprint density at radius 3 is 2.96 bits per heavy atom. The number of carbonyl (C=O) groups excluding carboxylic acids is 1. The largest absolute Gasteiger partial charge is 0.445 e. The summed E-state index contributed by atoms with van der Waals surface area (Å²) in [5, 5.41) is 3.03. The molecule has 0 aliphatic heterocycles. The van der Waals surface area contributed by atoms with E-state index in [0.29, 0.717) is 17.2 Å². The van der Waals surface area contributed by atoms with E-state index in [2.05, 4.69) is 20.3 Å². The minimum absolute atomic E-state index is 0.244.